The summed E-state index contributed by atoms with van der Waals surface area (Å²) < 4.78 is 43.8. The molecule has 4 rings (SSSR count). The highest BCUT2D eigenvalue weighted by molar-refractivity contribution is 7.89. The number of hydrogen-bond donors (Lipinski definition) is 1. The topological polar surface area (TPSA) is 112 Å². The summed E-state index contributed by atoms with van der Waals surface area (Å²) in [7, 11) is -3.85. The molecule has 0 aliphatic carbocycles. The van der Waals surface area contributed by atoms with E-state index in [1.165, 1.54) is 30.5 Å². The second kappa shape index (κ2) is 9.21. The van der Waals surface area contributed by atoms with E-state index >= 15 is 0 Å². The molecule has 2 heterocycles. The Morgan fingerprint density at radius 3 is 2.59 bits per heavy atom. The zero-order valence-electron chi connectivity index (χ0n) is 17.1. The van der Waals surface area contributed by atoms with Crippen LogP contribution in [0.2, 0.25) is 0 Å². The van der Waals surface area contributed by atoms with Gasteiger partial charge in [0.05, 0.1) is 16.7 Å². The average Bonchev–Trinajstić information content (AvgIpc) is 3.50. The van der Waals surface area contributed by atoms with Crippen LogP contribution in [0.3, 0.4) is 0 Å². The Morgan fingerprint density at radius 2 is 1.84 bits per heavy atom. The van der Waals surface area contributed by atoms with Crippen molar-refractivity contribution in [2.45, 2.75) is 24.5 Å². The van der Waals surface area contributed by atoms with E-state index in [1.807, 2.05) is 30.3 Å². The zero-order chi connectivity index (χ0) is 22.6. The van der Waals surface area contributed by atoms with Crippen LogP contribution in [-0.4, -0.2) is 19.5 Å². The predicted octanol–water partition coefficient (Wildman–Crippen LogP) is 4.33. The van der Waals surface area contributed by atoms with Crippen molar-refractivity contribution in [2.75, 3.05) is 0 Å². The smallest absolute Gasteiger partial charge is 0.338 e. The number of esters is 1. The van der Waals surface area contributed by atoms with E-state index in [0.29, 0.717) is 17.2 Å². The number of carbonyl (C=O) groups is 1. The van der Waals surface area contributed by atoms with Gasteiger partial charge in [0, 0.05) is 12.1 Å². The average molecular weight is 452 g/mol. The standard InChI is InChI=1S/C23H20N2O6S/c1-16(17-7-3-2-4-8-17)25-32(27,28)20-10-5-9-18(13-20)23(26)30-15-19-14-22(31-24-19)21-11-6-12-29-21/h2-14,16,25H,15H2,1H3/t16-/m1/s1. The molecule has 164 valence electrons. The Balaban J connectivity index is 1.42. The number of ether oxygens (including phenoxy) is 1. The Kier molecular flexibility index (Phi) is 6.20. The third kappa shape index (κ3) is 4.96. The molecule has 1 atom stereocenters. The first kappa shape index (κ1) is 21.5. The van der Waals surface area contributed by atoms with Crippen molar-refractivity contribution in [1.29, 1.82) is 0 Å². The molecule has 0 fully saturated rings. The maximum absolute atomic E-state index is 12.8. The summed E-state index contributed by atoms with van der Waals surface area (Å²) in [6.45, 7) is 1.61. The van der Waals surface area contributed by atoms with Crippen molar-refractivity contribution >= 4 is 16.0 Å². The Labute approximate surface area is 184 Å². The first-order valence-corrected chi connectivity index (χ1v) is 11.2. The number of rotatable bonds is 8. The van der Waals surface area contributed by atoms with Crippen LogP contribution in [0.15, 0.2) is 92.9 Å². The van der Waals surface area contributed by atoms with Crippen molar-refractivity contribution in [2.24, 2.45) is 0 Å². The lowest BCUT2D eigenvalue weighted by Gasteiger charge is -2.15. The number of nitrogens with zero attached hydrogens (tertiary/aromatic N) is 1. The van der Waals surface area contributed by atoms with Gasteiger partial charge in [-0.3, -0.25) is 0 Å². The SMILES string of the molecule is C[C@@H](NS(=O)(=O)c1cccc(C(=O)OCc2cc(-c3ccco3)on2)c1)c1ccccc1. The van der Waals surface area contributed by atoms with Crippen LogP contribution >= 0.6 is 0 Å². The van der Waals surface area contributed by atoms with Crippen LogP contribution in [0.25, 0.3) is 11.5 Å². The molecule has 32 heavy (non-hydrogen) atoms. The number of benzene rings is 2. The minimum absolute atomic E-state index is 0.0312. The summed E-state index contributed by atoms with van der Waals surface area (Å²) in [6.07, 6.45) is 1.51. The van der Waals surface area contributed by atoms with E-state index in [4.69, 9.17) is 13.7 Å². The number of sulfonamides is 1. The minimum atomic E-state index is -3.85. The number of hydrogen-bond acceptors (Lipinski definition) is 7. The first-order valence-electron chi connectivity index (χ1n) is 9.76. The van der Waals surface area contributed by atoms with Gasteiger partial charge in [-0.1, -0.05) is 41.6 Å². The van der Waals surface area contributed by atoms with E-state index in [0.717, 1.165) is 5.56 Å². The Bertz CT molecular complexity index is 1300. The van der Waals surface area contributed by atoms with Gasteiger partial charge in [-0.2, -0.15) is 0 Å². The van der Waals surface area contributed by atoms with Crippen molar-refractivity contribution in [1.82, 2.24) is 9.88 Å². The van der Waals surface area contributed by atoms with E-state index in [-0.39, 0.29) is 17.1 Å². The fourth-order valence-corrected chi connectivity index (χ4v) is 4.32. The summed E-state index contributed by atoms with van der Waals surface area (Å²) in [6, 6.07) is 19.5. The zero-order valence-corrected chi connectivity index (χ0v) is 17.9. The van der Waals surface area contributed by atoms with Gasteiger partial charge in [-0.25, -0.2) is 17.9 Å². The molecule has 0 saturated carbocycles. The highest BCUT2D eigenvalue weighted by Crippen LogP contribution is 2.21. The fourth-order valence-electron chi connectivity index (χ4n) is 3.04. The molecule has 8 nitrogen and oxygen atoms in total. The molecule has 0 radical (unpaired) electrons. The number of aromatic nitrogens is 1. The van der Waals surface area contributed by atoms with E-state index in [1.54, 1.807) is 25.1 Å². The molecule has 0 unspecified atom stereocenters. The molecule has 2 aromatic heterocycles. The van der Waals surface area contributed by atoms with Gasteiger partial charge in [0.15, 0.2) is 5.76 Å². The fraction of sp³-hybridized carbons (Fsp3) is 0.130. The summed E-state index contributed by atoms with van der Waals surface area (Å²) in [5.74, 6) is 0.235. The summed E-state index contributed by atoms with van der Waals surface area (Å²) in [5, 5.41) is 3.84. The van der Waals surface area contributed by atoms with E-state index in [9.17, 15) is 13.2 Å². The molecule has 0 spiro atoms. The van der Waals surface area contributed by atoms with Crippen LogP contribution in [-0.2, 0) is 21.4 Å². The molecule has 0 saturated heterocycles. The molecule has 4 aromatic rings. The van der Waals surface area contributed by atoms with Gasteiger partial charge in [0.2, 0.25) is 15.8 Å². The van der Waals surface area contributed by atoms with Gasteiger partial charge in [-0.05, 0) is 42.8 Å². The predicted molar refractivity (Wildman–Crippen MR) is 115 cm³/mol. The highest BCUT2D eigenvalue weighted by Gasteiger charge is 2.20. The monoisotopic (exact) mass is 452 g/mol. The van der Waals surface area contributed by atoms with Crippen molar-refractivity contribution in [3.05, 3.63) is 95.9 Å². The van der Waals surface area contributed by atoms with Crippen LogP contribution in [0.1, 0.15) is 34.6 Å². The molecule has 1 N–H and O–H groups in total. The molecular formula is C23H20N2O6S. The van der Waals surface area contributed by atoms with Crippen LogP contribution in [0.5, 0.6) is 0 Å². The van der Waals surface area contributed by atoms with Crippen LogP contribution in [0.4, 0.5) is 0 Å². The largest absolute Gasteiger partial charge is 0.461 e. The van der Waals surface area contributed by atoms with Crippen molar-refractivity contribution in [3.63, 3.8) is 0 Å². The summed E-state index contributed by atoms with van der Waals surface area (Å²) in [5.41, 5.74) is 1.33. The molecule has 0 aliphatic heterocycles. The molecule has 0 bridgehead atoms. The molecule has 9 heteroatoms. The second-order valence-electron chi connectivity index (χ2n) is 7.02. The number of furan rings is 1. The molecule has 2 aromatic carbocycles. The maximum Gasteiger partial charge on any atom is 0.338 e. The third-order valence-electron chi connectivity index (χ3n) is 4.69. The molecule has 0 amide bonds. The van der Waals surface area contributed by atoms with Gasteiger partial charge >= 0.3 is 5.97 Å². The second-order valence-corrected chi connectivity index (χ2v) is 8.73. The molecule has 0 aliphatic rings. The van der Waals surface area contributed by atoms with Crippen LogP contribution in [0, 0.1) is 0 Å². The maximum atomic E-state index is 12.8. The van der Waals surface area contributed by atoms with Gasteiger partial charge in [-0.15, -0.1) is 0 Å². The molecular weight excluding hydrogens is 432 g/mol. The first-order chi connectivity index (χ1) is 15.4. The Hall–Kier alpha value is -3.69. The van der Waals surface area contributed by atoms with E-state index in [2.05, 4.69) is 9.88 Å². The van der Waals surface area contributed by atoms with Crippen LogP contribution < -0.4 is 4.72 Å². The Morgan fingerprint density at radius 1 is 1.03 bits per heavy atom. The lowest BCUT2D eigenvalue weighted by Crippen LogP contribution is -2.27. The summed E-state index contributed by atoms with van der Waals surface area (Å²) >= 11 is 0. The summed E-state index contributed by atoms with van der Waals surface area (Å²) in [4.78, 5) is 12.4. The van der Waals surface area contributed by atoms with Gasteiger partial charge in [0.1, 0.15) is 12.3 Å². The van der Waals surface area contributed by atoms with Gasteiger partial charge < -0.3 is 13.7 Å². The minimum Gasteiger partial charge on any atom is -0.461 e. The lowest BCUT2D eigenvalue weighted by molar-refractivity contribution is 0.0464. The number of nitrogens with one attached hydrogen (secondary N) is 1. The van der Waals surface area contributed by atoms with Crippen molar-refractivity contribution < 1.29 is 26.9 Å². The lowest BCUT2D eigenvalue weighted by atomic mass is 10.1. The normalized spacial score (nSPS) is 12.4. The quantitative estimate of drug-likeness (QED) is 0.396. The highest BCUT2D eigenvalue weighted by atomic mass is 32.2. The van der Waals surface area contributed by atoms with Gasteiger partial charge in [0.25, 0.3) is 0 Å². The number of carbonyl (C=O) groups excluding carboxylic acids is 1. The third-order valence-corrected chi connectivity index (χ3v) is 6.22. The van der Waals surface area contributed by atoms with E-state index < -0.39 is 22.0 Å². The van der Waals surface area contributed by atoms with Crippen molar-refractivity contribution in [3.8, 4) is 11.5 Å².